The molecule has 4 aromatic rings. The number of carbonyl (C=O) groups is 1. The number of terminal acetylenes is 1. The summed E-state index contributed by atoms with van der Waals surface area (Å²) in [5.74, 6) is 3.47. The lowest BCUT2D eigenvalue weighted by Gasteiger charge is -2.10. The predicted molar refractivity (Wildman–Crippen MR) is 127 cm³/mol. The fraction of sp³-hybridized carbons (Fsp3) is 0.200. The van der Waals surface area contributed by atoms with Crippen LogP contribution in [0.2, 0.25) is 0 Å². The Morgan fingerprint density at radius 2 is 2.03 bits per heavy atom. The Balaban J connectivity index is 1.40. The average molecular weight is 438 g/mol. The first kappa shape index (κ1) is 20.5. The van der Waals surface area contributed by atoms with E-state index >= 15 is 0 Å². The van der Waals surface area contributed by atoms with Gasteiger partial charge in [0.1, 0.15) is 12.1 Å². The molecule has 2 aromatic heterocycles. The van der Waals surface area contributed by atoms with E-state index in [0.717, 1.165) is 35.0 Å². The zero-order valence-electron chi connectivity index (χ0n) is 17.9. The van der Waals surface area contributed by atoms with Crippen LogP contribution in [-0.4, -0.2) is 31.6 Å². The molecule has 164 valence electrons. The van der Waals surface area contributed by atoms with Gasteiger partial charge in [-0.3, -0.25) is 13.9 Å². The van der Waals surface area contributed by atoms with Crippen LogP contribution in [0.15, 0.2) is 66.0 Å². The van der Waals surface area contributed by atoms with Crippen LogP contribution in [-0.2, 0) is 11.3 Å². The van der Waals surface area contributed by atoms with Crippen molar-refractivity contribution in [2.45, 2.75) is 19.4 Å². The Kier molecular flexibility index (Phi) is 5.37. The van der Waals surface area contributed by atoms with E-state index in [1.807, 2.05) is 42.5 Å². The molecule has 1 aliphatic rings. The number of anilines is 2. The van der Waals surface area contributed by atoms with Gasteiger partial charge in [0.25, 0.3) is 0 Å². The number of hydrogen-bond acceptors (Lipinski definition) is 5. The largest absolute Gasteiger partial charge is 0.354 e. The Morgan fingerprint density at radius 3 is 2.85 bits per heavy atom. The van der Waals surface area contributed by atoms with E-state index in [0.29, 0.717) is 24.6 Å². The molecule has 1 saturated carbocycles. The molecule has 8 nitrogen and oxygen atoms in total. The Morgan fingerprint density at radius 1 is 1.15 bits per heavy atom. The number of rotatable bonds is 7. The first-order chi connectivity index (χ1) is 16.1. The maximum atomic E-state index is 12.9. The molecule has 1 amide bonds. The molecule has 5 rings (SSSR count). The summed E-state index contributed by atoms with van der Waals surface area (Å²) >= 11 is 0. The van der Waals surface area contributed by atoms with Crippen LogP contribution in [0.5, 0.6) is 0 Å². The van der Waals surface area contributed by atoms with Crippen molar-refractivity contribution < 1.29 is 4.79 Å². The topological polar surface area (TPSA) is 93.8 Å². The highest BCUT2D eigenvalue weighted by Crippen LogP contribution is 2.28. The normalized spacial score (nSPS) is 12.9. The molecule has 2 aromatic carbocycles. The van der Waals surface area contributed by atoms with E-state index in [1.165, 1.54) is 6.33 Å². The molecular formula is C25H22N6O2. The van der Waals surface area contributed by atoms with E-state index in [2.05, 4.69) is 26.5 Å². The van der Waals surface area contributed by atoms with Gasteiger partial charge < -0.3 is 10.6 Å². The molecule has 1 aliphatic carbocycles. The summed E-state index contributed by atoms with van der Waals surface area (Å²) in [6.45, 7) is 0.842. The van der Waals surface area contributed by atoms with Crippen LogP contribution in [0, 0.1) is 18.3 Å². The van der Waals surface area contributed by atoms with Gasteiger partial charge >= 0.3 is 5.69 Å². The molecule has 8 heteroatoms. The third-order valence-electron chi connectivity index (χ3n) is 5.64. The van der Waals surface area contributed by atoms with E-state index in [-0.39, 0.29) is 17.5 Å². The molecule has 0 spiro atoms. The van der Waals surface area contributed by atoms with Gasteiger partial charge in [0.2, 0.25) is 5.91 Å². The van der Waals surface area contributed by atoms with Crippen molar-refractivity contribution in [1.82, 2.24) is 24.4 Å². The van der Waals surface area contributed by atoms with Gasteiger partial charge in [-0.15, -0.1) is 6.42 Å². The third-order valence-corrected chi connectivity index (χ3v) is 5.64. The highest BCUT2D eigenvalue weighted by atomic mass is 16.2. The third kappa shape index (κ3) is 4.34. The average Bonchev–Trinajstić information content (AvgIpc) is 3.63. The molecule has 2 heterocycles. The number of aromatic nitrogens is 4. The predicted octanol–water partition coefficient (Wildman–Crippen LogP) is 2.83. The van der Waals surface area contributed by atoms with Crippen LogP contribution < -0.4 is 16.3 Å². The number of hydrogen-bond donors (Lipinski definition) is 2. The number of amides is 1. The molecule has 0 saturated heterocycles. The quantitative estimate of drug-likeness (QED) is 0.433. The minimum atomic E-state index is -0.178. The zero-order valence-corrected chi connectivity index (χ0v) is 17.9. The monoisotopic (exact) mass is 438 g/mol. The van der Waals surface area contributed by atoms with Gasteiger partial charge in [0.05, 0.1) is 11.2 Å². The second kappa shape index (κ2) is 8.63. The van der Waals surface area contributed by atoms with Crippen molar-refractivity contribution in [3.63, 3.8) is 0 Å². The van der Waals surface area contributed by atoms with Gasteiger partial charge in [-0.25, -0.2) is 14.8 Å². The lowest BCUT2D eigenvalue weighted by molar-refractivity contribution is -0.122. The molecular weight excluding hydrogens is 416 g/mol. The van der Waals surface area contributed by atoms with Crippen LogP contribution >= 0.6 is 0 Å². The van der Waals surface area contributed by atoms with E-state index in [4.69, 9.17) is 6.42 Å². The lowest BCUT2D eigenvalue weighted by Crippen LogP contribution is -2.31. The Hall–Kier alpha value is -4.38. The van der Waals surface area contributed by atoms with Crippen LogP contribution in [0.4, 0.5) is 11.5 Å². The highest BCUT2D eigenvalue weighted by Gasteiger charge is 2.29. The minimum absolute atomic E-state index is 0.0739. The smallest absolute Gasteiger partial charge is 0.332 e. The van der Waals surface area contributed by atoms with Gasteiger partial charge in [-0.2, -0.15) is 0 Å². The van der Waals surface area contributed by atoms with E-state index in [1.54, 1.807) is 21.5 Å². The second-order valence-corrected chi connectivity index (χ2v) is 7.98. The molecule has 1 fully saturated rings. The van der Waals surface area contributed by atoms with Crippen LogP contribution in [0.1, 0.15) is 18.4 Å². The fourth-order valence-corrected chi connectivity index (χ4v) is 3.69. The van der Waals surface area contributed by atoms with Crippen molar-refractivity contribution in [3.05, 3.63) is 77.2 Å². The Labute approximate surface area is 190 Å². The van der Waals surface area contributed by atoms with Gasteiger partial charge in [0.15, 0.2) is 0 Å². The zero-order chi connectivity index (χ0) is 22.8. The summed E-state index contributed by atoms with van der Waals surface area (Å²) in [7, 11) is 0. The van der Waals surface area contributed by atoms with Crippen molar-refractivity contribution in [3.8, 4) is 18.0 Å². The van der Waals surface area contributed by atoms with E-state index in [9.17, 15) is 9.59 Å². The molecule has 0 radical (unpaired) electrons. The second-order valence-electron chi connectivity index (χ2n) is 7.98. The number of benzene rings is 2. The van der Waals surface area contributed by atoms with Gasteiger partial charge in [-0.05, 0) is 49.2 Å². The molecule has 33 heavy (non-hydrogen) atoms. The lowest BCUT2D eigenvalue weighted by atomic mass is 10.2. The summed E-state index contributed by atoms with van der Waals surface area (Å²) in [6.07, 6.45) is 12.4. The summed E-state index contributed by atoms with van der Waals surface area (Å²) in [5, 5.41) is 6.96. The van der Waals surface area contributed by atoms with Gasteiger partial charge in [-0.1, -0.05) is 12.0 Å². The maximum Gasteiger partial charge on any atom is 0.332 e. The van der Waals surface area contributed by atoms with Crippen molar-refractivity contribution in [2.75, 3.05) is 11.9 Å². The molecule has 0 bridgehead atoms. The summed E-state index contributed by atoms with van der Waals surface area (Å²) in [5.41, 5.74) is 2.85. The van der Waals surface area contributed by atoms with Crippen LogP contribution in [0.3, 0.4) is 0 Å². The first-order valence-electron chi connectivity index (χ1n) is 10.8. The fourth-order valence-electron chi connectivity index (χ4n) is 3.69. The minimum Gasteiger partial charge on any atom is -0.354 e. The SMILES string of the molecule is C#Cc1cccc(Nc2ncnc3ccc(-n4ccn(CCNC(=O)C5CC5)c4=O)cc23)c1. The number of nitrogens with zero attached hydrogens (tertiary/aromatic N) is 4. The molecule has 0 atom stereocenters. The van der Waals surface area contributed by atoms with Crippen molar-refractivity contribution >= 4 is 28.3 Å². The standard InChI is InChI=1S/C25H22N6O2/c1-2-17-4-3-5-19(14-17)29-23-21-15-20(8-9-22(21)27-16-28-23)31-13-12-30(25(31)33)11-10-26-24(32)18-6-7-18/h1,3-5,8-9,12-16,18H,6-7,10-11H2,(H,26,32)(H,27,28,29). The highest BCUT2D eigenvalue weighted by molar-refractivity contribution is 5.92. The molecule has 0 aliphatic heterocycles. The summed E-state index contributed by atoms with van der Waals surface area (Å²) < 4.78 is 3.15. The number of fused-ring (bicyclic) bond motifs is 1. The number of nitrogens with one attached hydrogen (secondary N) is 2. The van der Waals surface area contributed by atoms with Gasteiger partial charge in [0, 0.05) is 48.0 Å². The number of imidazole rings is 1. The van der Waals surface area contributed by atoms with Crippen molar-refractivity contribution in [2.24, 2.45) is 5.92 Å². The molecule has 2 N–H and O–H groups in total. The van der Waals surface area contributed by atoms with E-state index < -0.39 is 0 Å². The first-order valence-corrected chi connectivity index (χ1v) is 10.8. The van der Waals surface area contributed by atoms with Crippen LogP contribution in [0.25, 0.3) is 16.6 Å². The summed E-state index contributed by atoms with van der Waals surface area (Å²) in [6, 6.07) is 13.1. The molecule has 0 unspecified atom stereocenters. The number of carbonyl (C=O) groups excluding carboxylic acids is 1. The Bertz CT molecular complexity index is 1440. The maximum absolute atomic E-state index is 12.9. The van der Waals surface area contributed by atoms with Crippen molar-refractivity contribution in [1.29, 1.82) is 0 Å². The summed E-state index contributed by atoms with van der Waals surface area (Å²) in [4.78, 5) is 33.4.